The third-order valence-corrected chi connectivity index (χ3v) is 5.23. The number of hydrogen-bond donors (Lipinski definition) is 2. The minimum absolute atomic E-state index is 0.0796. The molecule has 0 bridgehead atoms. The Balaban J connectivity index is 1.73. The predicted octanol–water partition coefficient (Wildman–Crippen LogP) is 1.56. The van der Waals surface area contributed by atoms with E-state index < -0.39 is 17.4 Å². The topological polar surface area (TPSA) is 122 Å². The van der Waals surface area contributed by atoms with Crippen molar-refractivity contribution >= 4 is 11.8 Å². The Bertz CT molecular complexity index is 1280. The van der Waals surface area contributed by atoms with E-state index >= 15 is 0 Å². The molecule has 4 rings (SSSR count). The maximum absolute atomic E-state index is 12.1. The number of aromatic nitrogens is 3. The molecule has 2 aromatic heterocycles. The number of aryl methyl sites for hydroxylation is 1. The van der Waals surface area contributed by atoms with Crippen LogP contribution in [-0.2, 0) is 4.79 Å². The highest BCUT2D eigenvalue weighted by Crippen LogP contribution is 2.24. The van der Waals surface area contributed by atoms with E-state index in [2.05, 4.69) is 26.8 Å². The fourth-order valence-electron chi connectivity index (χ4n) is 3.35. The van der Waals surface area contributed by atoms with Crippen molar-refractivity contribution in [3.8, 4) is 34.5 Å². The van der Waals surface area contributed by atoms with Crippen molar-refractivity contribution in [2.45, 2.75) is 18.9 Å². The third-order valence-electron chi connectivity index (χ3n) is 5.23. The van der Waals surface area contributed by atoms with Gasteiger partial charge in [0.2, 0.25) is 5.60 Å². The van der Waals surface area contributed by atoms with Crippen LogP contribution in [0.4, 0.5) is 0 Å². The molecular weight excluding hydrogens is 406 g/mol. The summed E-state index contributed by atoms with van der Waals surface area (Å²) in [5.74, 6) is 4.79. The van der Waals surface area contributed by atoms with Gasteiger partial charge in [0.25, 0.3) is 11.8 Å². The highest BCUT2D eigenvalue weighted by molar-refractivity contribution is 5.92. The molecule has 8 nitrogen and oxygen atoms in total. The molecule has 1 aliphatic rings. The summed E-state index contributed by atoms with van der Waals surface area (Å²) in [4.78, 5) is 38.6. The number of hydrogen-bond acceptors (Lipinski definition) is 6. The highest BCUT2D eigenvalue weighted by atomic mass is 16.3. The summed E-state index contributed by atoms with van der Waals surface area (Å²) < 4.78 is 0. The van der Waals surface area contributed by atoms with Gasteiger partial charge in [-0.15, -0.1) is 0 Å². The van der Waals surface area contributed by atoms with Crippen LogP contribution in [0.5, 0.6) is 0 Å². The van der Waals surface area contributed by atoms with Gasteiger partial charge in [-0.05, 0) is 37.3 Å². The van der Waals surface area contributed by atoms with E-state index in [1.807, 2.05) is 19.1 Å². The number of amides is 2. The number of benzene rings is 1. The van der Waals surface area contributed by atoms with Gasteiger partial charge in [-0.1, -0.05) is 24.0 Å². The van der Waals surface area contributed by atoms with E-state index in [0.29, 0.717) is 29.2 Å². The molecule has 2 amide bonds. The molecule has 0 unspecified atom stereocenters. The van der Waals surface area contributed by atoms with Crippen LogP contribution in [0.25, 0.3) is 22.6 Å². The minimum atomic E-state index is -1.68. The lowest BCUT2D eigenvalue weighted by atomic mass is 10.0. The van der Waals surface area contributed by atoms with Crippen molar-refractivity contribution in [3.05, 3.63) is 65.6 Å². The maximum atomic E-state index is 12.1. The average molecular weight is 427 g/mol. The van der Waals surface area contributed by atoms with E-state index in [1.54, 1.807) is 37.5 Å². The van der Waals surface area contributed by atoms with E-state index in [4.69, 9.17) is 5.73 Å². The number of likely N-dealkylation sites (tertiary alicyclic amines) is 1. The molecule has 160 valence electrons. The van der Waals surface area contributed by atoms with Crippen LogP contribution in [0.15, 0.2) is 48.7 Å². The Morgan fingerprint density at radius 3 is 2.66 bits per heavy atom. The number of likely N-dealkylation sites (N-methyl/N-ethyl adjacent to an activating group) is 1. The van der Waals surface area contributed by atoms with Crippen LogP contribution in [0.1, 0.15) is 28.2 Å². The standard InChI is InChI=1S/C24H21N5O3/c1-15-6-7-18(14-26-15)19-13-20(21(25)30)28-22(27-19)17-5-3-4-16(12-17)8-9-24(32)10-11-29(2)23(24)31/h3-7,12-14,32H,10-11H2,1-2H3,(H2,25,30)/t24-/m0/s1. The number of nitrogens with two attached hydrogens (primary N) is 1. The zero-order valence-electron chi connectivity index (χ0n) is 17.7. The molecule has 32 heavy (non-hydrogen) atoms. The van der Waals surface area contributed by atoms with Gasteiger partial charge in [-0.3, -0.25) is 14.6 Å². The largest absolute Gasteiger partial charge is 0.369 e. The second-order valence-corrected chi connectivity index (χ2v) is 7.68. The lowest BCUT2D eigenvalue weighted by Gasteiger charge is -2.13. The minimum Gasteiger partial charge on any atom is -0.369 e. The number of pyridine rings is 1. The first-order valence-corrected chi connectivity index (χ1v) is 9.99. The second-order valence-electron chi connectivity index (χ2n) is 7.68. The van der Waals surface area contributed by atoms with Crippen LogP contribution in [0.3, 0.4) is 0 Å². The summed E-state index contributed by atoms with van der Waals surface area (Å²) >= 11 is 0. The number of carbonyl (C=O) groups excluding carboxylic acids is 2. The molecule has 1 atom stereocenters. The normalized spacial score (nSPS) is 17.7. The second kappa shape index (κ2) is 8.21. The van der Waals surface area contributed by atoms with Crippen molar-refractivity contribution in [1.82, 2.24) is 19.9 Å². The number of carbonyl (C=O) groups is 2. The zero-order chi connectivity index (χ0) is 22.9. The Kier molecular flexibility index (Phi) is 5.43. The van der Waals surface area contributed by atoms with E-state index in [0.717, 1.165) is 11.3 Å². The van der Waals surface area contributed by atoms with Gasteiger partial charge < -0.3 is 15.7 Å². The lowest BCUT2D eigenvalue weighted by Crippen LogP contribution is -2.37. The predicted molar refractivity (Wildman–Crippen MR) is 118 cm³/mol. The molecule has 1 saturated heterocycles. The zero-order valence-corrected chi connectivity index (χ0v) is 17.7. The average Bonchev–Trinajstić information content (AvgIpc) is 3.06. The Labute approximate surface area is 185 Å². The monoisotopic (exact) mass is 427 g/mol. The van der Waals surface area contributed by atoms with E-state index in [9.17, 15) is 14.7 Å². The van der Waals surface area contributed by atoms with Crippen LogP contribution < -0.4 is 5.73 Å². The first kappa shape index (κ1) is 21.2. The molecule has 3 aromatic rings. The number of primary amides is 1. The summed E-state index contributed by atoms with van der Waals surface area (Å²) in [6, 6.07) is 12.3. The Morgan fingerprint density at radius 1 is 1.19 bits per heavy atom. The Hall–Kier alpha value is -4.09. The summed E-state index contributed by atoms with van der Waals surface area (Å²) in [6.45, 7) is 2.33. The molecular formula is C24H21N5O3. The molecule has 1 aliphatic heterocycles. The molecule has 0 radical (unpaired) electrons. The number of nitrogens with zero attached hydrogens (tertiary/aromatic N) is 4. The van der Waals surface area contributed by atoms with Crippen molar-refractivity contribution in [2.24, 2.45) is 5.73 Å². The maximum Gasteiger partial charge on any atom is 0.267 e. The quantitative estimate of drug-likeness (QED) is 0.612. The Morgan fingerprint density at radius 2 is 2.00 bits per heavy atom. The van der Waals surface area contributed by atoms with Gasteiger partial charge >= 0.3 is 0 Å². The molecule has 3 N–H and O–H groups in total. The van der Waals surface area contributed by atoms with E-state index in [1.165, 1.54) is 11.0 Å². The smallest absolute Gasteiger partial charge is 0.267 e. The van der Waals surface area contributed by atoms with Gasteiger partial charge in [0.05, 0.1) is 5.69 Å². The summed E-state index contributed by atoms with van der Waals surface area (Å²) in [5.41, 5.74) is 7.17. The lowest BCUT2D eigenvalue weighted by molar-refractivity contribution is -0.137. The first-order chi connectivity index (χ1) is 15.2. The van der Waals surface area contributed by atoms with Gasteiger partial charge in [-0.25, -0.2) is 9.97 Å². The molecule has 0 aliphatic carbocycles. The number of aliphatic hydroxyl groups is 1. The van der Waals surface area contributed by atoms with Crippen LogP contribution in [-0.4, -0.2) is 56.0 Å². The van der Waals surface area contributed by atoms with Crippen LogP contribution >= 0.6 is 0 Å². The van der Waals surface area contributed by atoms with Crippen molar-refractivity contribution in [2.75, 3.05) is 13.6 Å². The van der Waals surface area contributed by atoms with Crippen LogP contribution in [0.2, 0.25) is 0 Å². The summed E-state index contributed by atoms with van der Waals surface area (Å²) in [7, 11) is 1.63. The van der Waals surface area contributed by atoms with E-state index in [-0.39, 0.29) is 12.1 Å². The molecule has 1 aromatic carbocycles. The fourth-order valence-corrected chi connectivity index (χ4v) is 3.35. The SMILES string of the molecule is Cc1ccc(-c2cc(C(N)=O)nc(-c3cccc(C#C[C@]4(O)CCN(C)C4=O)c3)n2)cn1. The van der Waals surface area contributed by atoms with Crippen molar-refractivity contribution in [1.29, 1.82) is 0 Å². The van der Waals surface area contributed by atoms with Crippen LogP contribution in [0, 0.1) is 18.8 Å². The molecule has 3 heterocycles. The van der Waals surface area contributed by atoms with Crippen molar-refractivity contribution < 1.29 is 14.7 Å². The van der Waals surface area contributed by atoms with Crippen molar-refractivity contribution in [3.63, 3.8) is 0 Å². The van der Waals surface area contributed by atoms with Gasteiger partial charge in [0.15, 0.2) is 5.82 Å². The summed E-state index contributed by atoms with van der Waals surface area (Å²) in [5, 5.41) is 10.5. The fraction of sp³-hybridized carbons (Fsp3) is 0.208. The van der Waals surface area contributed by atoms with Gasteiger partial charge in [-0.2, -0.15) is 0 Å². The molecule has 0 saturated carbocycles. The molecule has 1 fully saturated rings. The summed E-state index contributed by atoms with van der Waals surface area (Å²) in [6.07, 6.45) is 1.93. The number of rotatable bonds is 3. The third kappa shape index (κ3) is 4.19. The van der Waals surface area contributed by atoms with Gasteiger partial charge in [0, 0.05) is 48.6 Å². The highest BCUT2D eigenvalue weighted by Gasteiger charge is 2.42. The first-order valence-electron chi connectivity index (χ1n) is 9.99. The molecule has 0 spiro atoms. The van der Waals surface area contributed by atoms with Gasteiger partial charge in [0.1, 0.15) is 5.69 Å². The molecule has 8 heteroatoms.